The normalized spacial score (nSPS) is 19.0. The van der Waals surface area contributed by atoms with E-state index in [0.717, 1.165) is 22.6 Å². The van der Waals surface area contributed by atoms with Crippen LogP contribution >= 0.6 is 11.8 Å². The summed E-state index contributed by atoms with van der Waals surface area (Å²) >= 11 is 1.65. The van der Waals surface area contributed by atoms with Crippen molar-refractivity contribution in [1.29, 1.82) is 0 Å². The lowest BCUT2D eigenvalue weighted by Gasteiger charge is -2.37. The highest BCUT2D eigenvalue weighted by Gasteiger charge is 2.32. The minimum Gasteiger partial charge on any atom is -0.458 e. The van der Waals surface area contributed by atoms with Crippen LogP contribution in [0.25, 0.3) is 11.0 Å². The van der Waals surface area contributed by atoms with Crippen molar-refractivity contribution in [2.24, 2.45) is 5.92 Å². The van der Waals surface area contributed by atoms with Crippen molar-refractivity contribution in [2.45, 2.75) is 57.3 Å². The summed E-state index contributed by atoms with van der Waals surface area (Å²) in [4.78, 5) is 30.7. The highest BCUT2D eigenvalue weighted by atomic mass is 32.2. The lowest BCUT2D eigenvalue weighted by atomic mass is 9.93. The predicted octanol–water partition coefficient (Wildman–Crippen LogP) is 4.53. The maximum absolute atomic E-state index is 12.5. The number of hydrogen-bond donors (Lipinski definition) is 0. The number of nitrogens with zero attached hydrogens (tertiary/aromatic N) is 3. The second-order valence-electron chi connectivity index (χ2n) is 9.34. The number of ether oxygens (including phenoxy) is 3. The van der Waals surface area contributed by atoms with Crippen molar-refractivity contribution in [3.05, 3.63) is 24.3 Å². The van der Waals surface area contributed by atoms with E-state index >= 15 is 0 Å². The average Bonchev–Trinajstić information content (AvgIpc) is 3.13. The van der Waals surface area contributed by atoms with Gasteiger partial charge in [-0.3, -0.25) is 0 Å². The number of thioether (sulfide) groups is 1. The number of carbonyl (C=O) groups is 2. The van der Waals surface area contributed by atoms with Gasteiger partial charge in [0.05, 0.1) is 24.2 Å². The molecule has 33 heavy (non-hydrogen) atoms. The van der Waals surface area contributed by atoms with E-state index in [-0.39, 0.29) is 31.3 Å². The number of likely N-dealkylation sites (tertiary alicyclic amines) is 1. The SMILES string of the molecule is CSc1nc2ccccc2n1C1CCN(C(=O)OCCCOCC(=O)OC(C)(C)C)CC1C. The molecule has 8 nitrogen and oxygen atoms in total. The smallest absolute Gasteiger partial charge is 0.409 e. The van der Waals surface area contributed by atoms with E-state index in [9.17, 15) is 9.59 Å². The number of carbonyl (C=O) groups excluding carboxylic acids is 2. The van der Waals surface area contributed by atoms with Gasteiger partial charge in [-0.2, -0.15) is 0 Å². The first-order valence-electron chi connectivity index (χ1n) is 11.4. The molecular weight excluding hydrogens is 442 g/mol. The van der Waals surface area contributed by atoms with Gasteiger partial charge in [0, 0.05) is 25.6 Å². The maximum atomic E-state index is 12.5. The maximum Gasteiger partial charge on any atom is 0.409 e. The molecule has 2 unspecified atom stereocenters. The molecular formula is C24H35N3O5S. The molecule has 1 aliphatic heterocycles. The molecule has 1 aliphatic rings. The van der Waals surface area contributed by atoms with Crippen molar-refractivity contribution >= 4 is 34.9 Å². The summed E-state index contributed by atoms with van der Waals surface area (Å²) in [5.74, 6) is -0.126. The molecule has 1 aromatic carbocycles. The predicted molar refractivity (Wildman–Crippen MR) is 129 cm³/mol. The van der Waals surface area contributed by atoms with Crippen molar-refractivity contribution in [2.75, 3.05) is 39.2 Å². The summed E-state index contributed by atoms with van der Waals surface area (Å²) in [5, 5.41) is 1.01. The third-order valence-corrected chi connectivity index (χ3v) is 6.15. The largest absolute Gasteiger partial charge is 0.458 e. The molecule has 2 heterocycles. The number of fused-ring (bicyclic) bond motifs is 1. The van der Waals surface area contributed by atoms with Crippen LogP contribution in [0.15, 0.2) is 29.4 Å². The van der Waals surface area contributed by atoms with Crippen molar-refractivity contribution in [3.8, 4) is 0 Å². The van der Waals surface area contributed by atoms with Gasteiger partial charge >= 0.3 is 12.1 Å². The Hall–Kier alpha value is -2.26. The van der Waals surface area contributed by atoms with Crippen molar-refractivity contribution in [1.82, 2.24) is 14.5 Å². The summed E-state index contributed by atoms with van der Waals surface area (Å²) in [6, 6.07) is 8.48. The van der Waals surface area contributed by atoms with Gasteiger partial charge in [0.2, 0.25) is 0 Å². The van der Waals surface area contributed by atoms with Gasteiger partial charge in [0.1, 0.15) is 12.2 Å². The van der Waals surface area contributed by atoms with Crippen LogP contribution in [0.3, 0.4) is 0 Å². The van der Waals surface area contributed by atoms with E-state index in [0.29, 0.717) is 26.1 Å². The van der Waals surface area contributed by atoms with E-state index in [1.807, 2.05) is 45.2 Å². The molecule has 1 amide bonds. The number of imidazole rings is 1. The Morgan fingerprint density at radius 1 is 1.21 bits per heavy atom. The fourth-order valence-corrected chi connectivity index (χ4v) is 4.73. The number of hydrogen-bond acceptors (Lipinski definition) is 7. The number of rotatable bonds is 8. The Labute approximate surface area is 199 Å². The first-order chi connectivity index (χ1) is 15.7. The quantitative estimate of drug-likeness (QED) is 0.314. The molecule has 0 aliphatic carbocycles. The van der Waals surface area contributed by atoms with Crippen LogP contribution in [0.4, 0.5) is 4.79 Å². The molecule has 1 aromatic heterocycles. The van der Waals surface area contributed by atoms with Crippen molar-refractivity contribution in [3.63, 3.8) is 0 Å². The Kier molecular flexibility index (Phi) is 8.64. The summed E-state index contributed by atoms with van der Waals surface area (Å²) < 4.78 is 18.2. The standard InChI is InChI=1S/C24H35N3O5S/c1-17-15-26(23(29)31-14-8-13-30-16-21(28)32-24(2,3)4)12-11-19(17)27-20-10-7-6-9-18(20)25-22(27)33-5/h6-7,9-10,17,19H,8,11-16H2,1-5H3. The Morgan fingerprint density at radius 2 is 1.97 bits per heavy atom. The molecule has 0 spiro atoms. The van der Waals surface area contributed by atoms with Crippen LogP contribution in [0.5, 0.6) is 0 Å². The van der Waals surface area contributed by atoms with Crippen LogP contribution in [0, 0.1) is 5.92 Å². The minimum absolute atomic E-state index is 0.1000. The van der Waals surface area contributed by atoms with Crippen LogP contribution in [-0.4, -0.2) is 71.3 Å². The second kappa shape index (κ2) is 11.2. The minimum atomic E-state index is -0.525. The van der Waals surface area contributed by atoms with Crippen LogP contribution in [0.2, 0.25) is 0 Å². The van der Waals surface area contributed by atoms with Gasteiger partial charge < -0.3 is 23.7 Å². The van der Waals surface area contributed by atoms with Crippen molar-refractivity contribution < 1.29 is 23.8 Å². The van der Waals surface area contributed by atoms with Gasteiger partial charge in [0.15, 0.2) is 5.16 Å². The second-order valence-corrected chi connectivity index (χ2v) is 10.1. The highest BCUT2D eigenvalue weighted by molar-refractivity contribution is 7.98. The van der Waals surface area contributed by atoms with E-state index < -0.39 is 11.6 Å². The Bertz CT molecular complexity index is 955. The van der Waals surface area contributed by atoms with Gasteiger partial charge in [-0.05, 0) is 51.5 Å². The summed E-state index contributed by atoms with van der Waals surface area (Å²) in [7, 11) is 0. The number of para-hydroxylation sites is 2. The summed E-state index contributed by atoms with van der Waals surface area (Å²) in [6.45, 7) is 9.38. The topological polar surface area (TPSA) is 82.9 Å². The molecule has 182 valence electrons. The molecule has 2 atom stereocenters. The zero-order valence-electron chi connectivity index (χ0n) is 20.2. The molecule has 2 aromatic rings. The van der Waals surface area contributed by atoms with Crippen LogP contribution in [0.1, 0.15) is 46.6 Å². The number of esters is 1. The molecule has 0 N–H and O–H groups in total. The Balaban J connectivity index is 1.43. The monoisotopic (exact) mass is 477 g/mol. The fraction of sp³-hybridized carbons (Fsp3) is 0.625. The molecule has 0 saturated carbocycles. The average molecular weight is 478 g/mol. The van der Waals surface area contributed by atoms with Gasteiger partial charge in [0.25, 0.3) is 0 Å². The number of benzene rings is 1. The number of piperidine rings is 1. The van der Waals surface area contributed by atoms with Crippen LogP contribution < -0.4 is 0 Å². The zero-order chi connectivity index (χ0) is 24.0. The van der Waals surface area contributed by atoms with E-state index in [2.05, 4.69) is 17.6 Å². The molecule has 1 saturated heterocycles. The number of amides is 1. The van der Waals surface area contributed by atoms with Gasteiger partial charge in [-0.25, -0.2) is 14.6 Å². The van der Waals surface area contributed by atoms with Crippen LogP contribution in [-0.2, 0) is 19.0 Å². The molecule has 0 bridgehead atoms. The molecule has 1 fully saturated rings. The third kappa shape index (κ3) is 6.86. The summed E-state index contributed by atoms with van der Waals surface area (Å²) in [5.41, 5.74) is 1.62. The third-order valence-electron chi connectivity index (χ3n) is 5.49. The van der Waals surface area contributed by atoms with E-state index in [4.69, 9.17) is 19.2 Å². The lowest BCUT2D eigenvalue weighted by molar-refractivity contribution is -0.160. The Morgan fingerprint density at radius 3 is 2.67 bits per heavy atom. The first-order valence-corrected chi connectivity index (χ1v) is 12.6. The lowest BCUT2D eigenvalue weighted by Crippen LogP contribution is -2.44. The highest BCUT2D eigenvalue weighted by Crippen LogP contribution is 2.35. The molecule has 3 rings (SSSR count). The summed E-state index contributed by atoms with van der Waals surface area (Å²) in [6.07, 6.45) is 3.13. The first kappa shape index (κ1) is 25.4. The van der Waals surface area contributed by atoms with E-state index in [1.54, 1.807) is 16.7 Å². The molecule has 0 radical (unpaired) electrons. The van der Waals surface area contributed by atoms with Gasteiger partial charge in [-0.15, -0.1) is 0 Å². The number of aromatic nitrogens is 2. The van der Waals surface area contributed by atoms with E-state index in [1.165, 1.54) is 0 Å². The van der Waals surface area contributed by atoms with Gasteiger partial charge in [-0.1, -0.05) is 30.8 Å². The molecule has 9 heteroatoms. The fourth-order valence-electron chi connectivity index (χ4n) is 4.11. The zero-order valence-corrected chi connectivity index (χ0v) is 21.0.